The normalized spacial score (nSPS) is 10.3. The number of hydrogen-bond donors (Lipinski definition) is 0. The lowest BCUT2D eigenvalue weighted by molar-refractivity contribution is 0.325. The van der Waals surface area contributed by atoms with E-state index in [1.54, 1.807) is 24.4 Å². The van der Waals surface area contributed by atoms with Crippen LogP contribution in [0.4, 0.5) is 10.3 Å². The van der Waals surface area contributed by atoms with Crippen molar-refractivity contribution in [2.45, 2.75) is 0 Å². The highest BCUT2D eigenvalue weighted by atomic mass is 19.1. The topological polar surface area (TPSA) is 47.5 Å². The molecule has 0 radical (unpaired) electrons. The first-order valence-electron chi connectivity index (χ1n) is 7.86. The molecule has 1 heterocycles. The molecular weight excluding hydrogens is 321 g/mol. The van der Waals surface area contributed by atoms with Crippen molar-refractivity contribution in [1.82, 2.24) is 9.97 Å². The van der Waals surface area contributed by atoms with E-state index in [9.17, 15) is 4.39 Å². The van der Waals surface area contributed by atoms with Crippen LogP contribution in [0.15, 0.2) is 66.9 Å². The van der Waals surface area contributed by atoms with E-state index in [-0.39, 0.29) is 5.82 Å². The SMILES string of the molecule is CN(CCOc1ccccc1)c1nccc(Oc2ccc(F)cc2)n1. The molecule has 5 nitrogen and oxygen atoms in total. The maximum Gasteiger partial charge on any atom is 0.228 e. The molecule has 0 unspecified atom stereocenters. The van der Waals surface area contributed by atoms with Crippen LogP contribution >= 0.6 is 0 Å². The van der Waals surface area contributed by atoms with E-state index in [2.05, 4.69) is 9.97 Å². The zero-order valence-electron chi connectivity index (χ0n) is 13.8. The van der Waals surface area contributed by atoms with Crippen LogP contribution < -0.4 is 14.4 Å². The Bertz CT molecular complexity index is 797. The van der Waals surface area contributed by atoms with E-state index in [0.29, 0.717) is 30.7 Å². The van der Waals surface area contributed by atoms with Gasteiger partial charge in [0.2, 0.25) is 11.8 Å². The van der Waals surface area contributed by atoms with Gasteiger partial charge in [0.25, 0.3) is 0 Å². The van der Waals surface area contributed by atoms with Crippen LogP contribution in [0.1, 0.15) is 0 Å². The molecule has 2 aromatic carbocycles. The lowest BCUT2D eigenvalue weighted by Crippen LogP contribution is -2.25. The molecule has 3 aromatic rings. The third-order valence-corrected chi connectivity index (χ3v) is 3.43. The quantitative estimate of drug-likeness (QED) is 0.653. The van der Waals surface area contributed by atoms with Gasteiger partial charge in [0.1, 0.15) is 23.9 Å². The number of rotatable bonds is 7. The molecule has 0 amide bonds. The molecular formula is C19H18FN3O2. The van der Waals surface area contributed by atoms with Gasteiger partial charge < -0.3 is 14.4 Å². The largest absolute Gasteiger partial charge is 0.492 e. The fourth-order valence-electron chi connectivity index (χ4n) is 2.11. The molecule has 1 aromatic heterocycles. The molecule has 0 atom stereocenters. The third-order valence-electron chi connectivity index (χ3n) is 3.43. The maximum atomic E-state index is 12.9. The Morgan fingerprint density at radius 1 is 0.960 bits per heavy atom. The smallest absolute Gasteiger partial charge is 0.228 e. The lowest BCUT2D eigenvalue weighted by Gasteiger charge is -2.17. The summed E-state index contributed by atoms with van der Waals surface area (Å²) in [6, 6.07) is 17.1. The fourth-order valence-corrected chi connectivity index (χ4v) is 2.11. The van der Waals surface area contributed by atoms with Crippen molar-refractivity contribution in [2.75, 3.05) is 25.1 Å². The summed E-state index contributed by atoms with van der Waals surface area (Å²) in [5.74, 6) is 1.95. The molecule has 25 heavy (non-hydrogen) atoms. The monoisotopic (exact) mass is 339 g/mol. The summed E-state index contributed by atoms with van der Waals surface area (Å²) in [5.41, 5.74) is 0. The van der Waals surface area contributed by atoms with Gasteiger partial charge in [-0.15, -0.1) is 0 Å². The summed E-state index contributed by atoms with van der Waals surface area (Å²) >= 11 is 0. The van der Waals surface area contributed by atoms with Crippen LogP contribution in [0.25, 0.3) is 0 Å². The second-order valence-corrected chi connectivity index (χ2v) is 5.33. The highest BCUT2D eigenvalue weighted by Crippen LogP contribution is 2.20. The summed E-state index contributed by atoms with van der Waals surface area (Å²) in [5, 5.41) is 0. The number of anilines is 1. The first-order chi connectivity index (χ1) is 12.2. The average Bonchev–Trinajstić information content (AvgIpc) is 2.65. The van der Waals surface area contributed by atoms with E-state index in [1.165, 1.54) is 12.1 Å². The minimum atomic E-state index is -0.311. The van der Waals surface area contributed by atoms with Crippen LogP contribution in [0, 0.1) is 5.82 Å². The Balaban J connectivity index is 1.57. The number of aromatic nitrogens is 2. The number of para-hydroxylation sites is 1. The molecule has 0 spiro atoms. The number of nitrogens with zero attached hydrogens (tertiary/aromatic N) is 3. The van der Waals surface area contributed by atoms with Crippen molar-refractivity contribution in [3.05, 3.63) is 72.7 Å². The van der Waals surface area contributed by atoms with E-state index in [4.69, 9.17) is 9.47 Å². The molecule has 0 N–H and O–H groups in total. The minimum Gasteiger partial charge on any atom is -0.492 e. The third kappa shape index (κ3) is 4.91. The van der Waals surface area contributed by atoms with E-state index < -0.39 is 0 Å². The molecule has 0 bridgehead atoms. The van der Waals surface area contributed by atoms with Crippen molar-refractivity contribution < 1.29 is 13.9 Å². The lowest BCUT2D eigenvalue weighted by atomic mass is 10.3. The standard InChI is InChI=1S/C19H18FN3O2/c1-23(13-14-24-16-5-3-2-4-6-16)19-21-12-11-18(22-19)25-17-9-7-15(20)8-10-17/h2-12H,13-14H2,1H3. The van der Waals surface area contributed by atoms with E-state index in [0.717, 1.165) is 5.75 Å². The Hall–Kier alpha value is -3.15. The summed E-state index contributed by atoms with van der Waals surface area (Å²) in [4.78, 5) is 10.5. The summed E-state index contributed by atoms with van der Waals surface area (Å²) in [6.45, 7) is 1.13. The summed E-state index contributed by atoms with van der Waals surface area (Å²) in [7, 11) is 1.88. The van der Waals surface area contributed by atoms with Gasteiger partial charge in [-0.25, -0.2) is 9.37 Å². The predicted molar refractivity (Wildman–Crippen MR) is 93.7 cm³/mol. The Labute approximate surface area is 145 Å². The molecule has 0 aliphatic rings. The summed E-state index contributed by atoms with van der Waals surface area (Å²) < 4.78 is 24.2. The second-order valence-electron chi connectivity index (χ2n) is 5.33. The molecule has 0 aliphatic heterocycles. The van der Waals surface area contributed by atoms with Crippen LogP contribution in [-0.2, 0) is 0 Å². The number of ether oxygens (including phenoxy) is 2. The highest BCUT2D eigenvalue weighted by molar-refractivity contribution is 5.33. The Morgan fingerprint density at radius 3 is 2.48 bits per heavy atom. The molecule has 0 fully saturated rings. The number of likely N-dealkylation sites (N-methyl/N-ethyl adjacent to an activating group) is 1. The van der Waals surface area contributed by atoms with Crippen molar-refractivity contribution >= 4 is 5.95 Å². The zero-order valence-corrected chi connectivity index (χ0v) is 13.8. The van der Waals surface area contributed by atoms with Crippen molar-refractivity contribution in [3.63, 3.8) is 0 Å². The van der Waals surface area contributed by atoms with Gasteiger partial charge in [-0.1, -0.05) is 18.2 Å². The average molecular weight is 339 g/mol. The van der Waals surface area contributed by atoms with Gasteiger partial charge in [0.15, 0.2) is 0 Å². The highest BCUT2D eigenvalue weighted by Gasteiger charge is 2.07. The first-order valence-corrected chi connectivity index (χ1v) is 7.86. The minimum absolute atomic E-state index is 0.311. The van der Waals surface area contributed by atoms with Crippen molar-refractivity contribution in [1.29, 1.82) is 0 Å². The number of halogens is 1. The van der Waals surface area contributed by atoms with Gasteiger partial charge in [0.05, 0.1) is 6.54 Å². The first kappa shape index (κ1) is 16.7. The fraction of sp³-hybridized carbons (Fsp3) is 0.158. The van der Waals surface area contributed by atoms with Gasteiger partial charge in [-0.3, -0.25) is 0 Å². The van der Waals surface area contributed by atoms with Crippen molar-refractivity contribution in [2.24, 2.45) is 0 Å². The molecule has 0 saturated carbocycles. The molecule has 128 valence electrons. The van der Waals surface area contributed by atoms with Gasteiger partial charge >= 0.3 is 0 Å². The van der Waals surface area contributed by atoms with Crippen LogP contribution in [0.2, 0.25) is 0 Å². The maximum absolute atomic E-state index is 12.9. The van der Waals surface area contributed by atoms with Crippen LogP contribution in [0.3, 0.4) is 0 Å². The van der Waals surface area contributed by atoms with Gasteiger partial charge in [-0.05, 0) is 36.4 Å². The second kappa shape index (κ2) is 8.10. The summed E-state index contributed by atoms with van der Waals surface area (Å²) in [6.07, 6.45) is 1.62. The Morgan fingerprint density at radius 2 is 1.72 bits per heavy atom. The van der Waals surface area contributed by atoms with E-state index >= 15 is 0 Å². The molecule has 3 rings (SSSR count). The Kier molecular flexibility index (Phi) is 5.41. The predicted octanol–water partition coefficient (Wildman–Crippen LogP) is 3.92. The van der Waals surface area contributed by atoms with Crippen molar-refractivity contribution in [3.8, 4) is 17.4 Å². The molecule has 0 saturated heterocycles. The zero-order chi connectivity index (χ0) is 17.5. The van der Waals surface area contributed by atoms with Crippen LogP contribution in [0.5, 0.6) is 17.4 Å². The molecule has 6 heteroatoms. The van der Waals surface area contributed by atoms with Gasteiger partial charge in [0, 0.05) is 19.3 Å². The molecule has 0 aliphatic carbocycles. The number of benzene rings is 2. The van der Waals surface area contributed by atoms with Gasteiger partial charge in [-0.2, -0.15) is 4.98 Å². The number of hydrogen-bond acceptors (Lipinski definition) is 5. The van der Waals surface area contributed by atoms with Crippen LogP contribution in [-0.4, -0.2) is 30.2 Å². The van der Waals surface area contributed by atoms with E-state index in [1.807, 2.05) is 42.3 Å².